The van der Waals surface area contributed by atoms with Gasteiger partial charge in [0.15, 0.2) is 5.96 Å². The number of hydrogen-bond donors (Lipinski definition) is 2. The van der Waals surface area contributed by atoms with Crippen LogP contribution in [0, 0.1) is 10.1 Å². The first-order valence-corrected chi connectivity index (χ1v) is 11.5. The summed E-state index contributed by atoms with van der Waals surface area (Å²) >= 11 is 0. The molecule has 1 aliphatic rings. The molecule has 0 amide bonds. The summed E-state index contributed by atoms with van der Waals surface area (Å²) in [5.74, 6) is 0.894. The molecule has 172 valence electrons. The van der Waals surface area contributed by atoms with E-state index in [4.69, 9.17) is 4.99 Å². The van der Waals surface area contributed by atoms with Gasteiger partial charge in [-0.1, -0.05) is 18.2 Å². The minimum absolute atomic E-state index is 0.141. The highest BCUT2D eigenvalue weighted by atomic mass is 16.6. The van der Waals surface area contributed by atoms with Gasteiger partial charge in [-0.15, -0.1) is 0 Å². The van der Waals surface area contributed by atoms with Crippen LogP contribution in [-0.2, 0) is 13.0 Å². The lowest BCUT2D eigenvalue weighted by Crippen LogP contribution is -2.48. The van der Waals surface area contributed by atoms with E-state index in [-0.39, 0.29) is 10.6 Å². The summed E-state index contributed by atoms with van der Waals surface area (Å²) in [6.45, 7) is 6.72. The molecule has 2 heterocycles. The van der Waals surface area contributed by atoms with Crippen LogP contribution in [0.25, 0.3) is 0 Å². The molecule has 0 atom stereocenters. The van der Waals surface area contributed by atoms with E-state index in [1.165, 1.54) is 0 Å². The second kappa shape index (κ2) is 12.8. The Morgan fingerprint density at radius 2 is 1.97 bits per heavy atom. The molecule has 32 heavy (non-hydrogen) atoms. The highest BCUT2D eigenvalue weighted by Gasteiger charge is 2.20. The first-order valence-electron chi connectivity index (χ1n) is 11.5. The summed E-state index contributed by atoms with van der Waals surface area (Å²) in [4.78, 5) is 22.0. The third-order valence-corrected chi connectivity index (χ3v) is 5.68. The van der Waals surface area contributed by atoms with Crippen LogP contribution in [-0.4, -0.2) is 53.0 Å². The Kier molecular flexibility index (Phi) is 9.43. The van der Waals surface area contributed by atoms with Crippen LogP contribution in [0.3, 0.4) is 0 Å². The zero-order valence-corrected chi connectivity index (χ0v) is 18.9. The highest BCUT2D eigenvalue weighted by Crippen LogP contribution is 2.14. The van der Waals surface area contributed by atoms with Gasteiger partial charge in [-0.25, -0.2) is 0 Å². The zero-order valence-electron chi connectivity index (χ0n) is 18.9. The number of piperidine rings is 1. The number of aromatic nitrogens is 1. The zero-order chi connectivity index (χ0) is 22.6. The number of aliphatic imine (C=N–C) groups is 1. The fourth-order valence-electron chi connectivity index (χ4n) is 3.89. The normalized spacial score (nSPS) is 15.5. The van der Waals surface area contributed by atoms with Gasteiger partial charge in [-0.3, -0.25) is 25.0 Å². The molecule has 0 unspecified atom stereocenters. The van der Waals surface area contributed by atoms with Crippen molar-refractivity contribution >= 4 is 11.6 Å². The van der Waals surface area contributed by atoms with Gasteiger partial charge in [0.25, 0.3) is 5.69 Å². The van der Waals surface area contributed by atoms with Gasteiger partial charge in [-0.2, -0.15) is 0 Å². The van der Waals surface area contributed by atoms with E-state index in [0.717, 1.165) is 82.0 Å². The monoisotopic (exact) mass is 438 g/mol. The van der Waals surface area contributed by atoms with Gasteiger partial charge < -0.3 is 10.6 Å². The number of nitrogens with zero attached hydrogens (tertiary/aromatic N) is 4. The Morgan fingerprint density at radius 3 is 2.62 bits per heavy atom. The van der Waals surface area contributed by atoms with Crippen molar-refractivity contribution in [3.8, 4) is 0 Å². The third-order valence-electron chi connectivity index (χ3n) is 5.68. The topological polar surface area (TPSA) is 95.7 Å². The van der Waals surface area contributed by atoms with Crippen LogP contribution >= 0.6 is 0 Å². The van der Waals surface area contributed by atoms with Crippen LogP contribution in [0.1, 0.15) is 43.9 Å². The standard InChI is InChI=1S/C24H34N6O2/c1-2-25-24(27-16-5-3-7-20-9-11-23(12-10-20)30(31)32)28-21-13-17-29(18-14-21)19-22-8-4-6-15-26-22/h4,6,8-12,15,21H,2-3,5,7,13-14,16-19H2,1H3,(H2,25,27,28). The fraction of sp³-hybridized carbons (Fsp3) is 0.500. The van der Waals surface area contributed by atoms with Crippen LogP contribution in [0.15, 0.2) is 53.7 Å². The summed E-state index contributed by atoms with van der Waals surface area (Å²) in [7, 11) is 0. The van der Waals surface area contributed by atoms with E-state index in [2.05, 4.69) is 33.5 Å². The number of nitro benzene ring substituents is 1. The Labute approximate surface area is 190 Å². The van der Waals surface area contributed by atoms with Gasteiger partial charge in [-0.05, 0) is 56.7 Å². The smallest absolute Gasteiger partial charge is 0.269 e. The second-order valence-corrected chi connectivity index (χ2v) is 8.16. The molecule has 1 aromatic heterocycles. The van der Waals surface area contributed by atoms with Crippen molar-refractivity contribution in [2.75, 3.05) is 26.2 Å². The molecular weight excluding hydrogens is 404 g/mol. The van der Waals surface area contributed by atoms with E-state index in [9.17, 15) is 10.1 Å². The van der Waals surface area contributed by atoms with Crippen molar-refractivity contribution in [1.82, 2.24) is 20.5 Å². The molecule has 0 radical (unpaired) electrons. The second-order valence-electron chi connectivity index (χ2n) is 8.16. The first kappa shape index (κ1) is 23.7. The molecule has 8 nitrogen and oxygen atoms in total. The molecule has 1 saturated heterocycles. The fourth-order valence-corrected chi connectivity index (χ4v) is 3.89. The Balaban J connectivity index is 1.36. The number of non-ortho nitro benzene ring substituents is 1. The quantitative estimate of drug-likeness (QED) is 0.194. The molecule has 2 aromatic rings. The number of rotatable bonds is 10. The number of hydrogen-bond acceptors (Lipinski definition) is 5. The van der Waals surface area contributed by atoms with Gasteiger partial charge in [0.1, 0.15) is 0 Å². The molecule has 0 saturated carbocycles. The summed E-state index contributed by atoms with van der Waals surface area (Å²) in [5.41, 5.74) is 2.40. The number of guanidine groups is 1. The maximum atomic E-state index is 10.7. The summed E-state index contributed by atoms with van der Waals surface area (Å²) < 4.78 is 0. The molecule has 0 aliphatic carbocycles. The van der Waals surface area contributed by atoms with E-state index >= 15 is 0 Å². The van der Waals surface area contributed by atoms with Crippen LogP contribution in [0.4, 0.5) is 5.69 Å². The van der Waals surface area contributed by atoms with Crippen molar-refractivity contribution in [2.45, 2.75) is 51.6 Å². The Morgan fingerprint density at radius 1 is 1.19 bits per heavy atom. The van der Waals surface area contributed by atoms with E-state index in [1.54, 1.807) is 12.1 Å². The number of benzene rings is 1. The van der Waals surface area contributed by atoms with Gasteiger partial charge in [0, 0.05) is 57.1 Å². The number of likely N-dealkylation sites (tertiary alicyclic amines) is 1. The van der Waals surface area contributed by atoms with Crippen LogP contribution in [0.5, 0.6) is 0 Å². The van der Waals surface area contributed by atoms with Gasteiger partial charge in [0.2, 0.25) is 0 Å². The lowest BCUT2D eigenvalue weighted by Gasteiger charge is -2.32. The Bertz CT molecular complexity index is 849. The number of nitrogens with one attached hydrogen (secondary N) is 2. The molecule has 3 rings (SSSR count). The summed E-state index contributed by atoms with van der Waals surface area (Å²) in [6, 6.07) is 13.3. The number of nitro groups is 1. The molecule has 2 N–H and O–H groups in total. The first-order chi connectivity index (χ1) is 15.6. The van der Waals surface area contributed by atoms with Gasteiger partial charge in [0.05, 0.1) is 10.6 Å². The third kappa shape index (κ3) is 7.92. The molecule has 8 heteroatoms. The largest absolute Gasteiger partial charge is 0.357 e. The van der Waals surface area contributed by atoms with Crippen molar-refractivity contribution < 1.29 is 4.92 Å². The lowest BCUT2D eigenvalue weighted by molar-refractivity contribution is -0.384. The van der Waals surface area contributed by atoms with E-state index < -0.39 is 0 Å². The predicted molar refractivity (Wildman–Crippen MR) is 128 cm³/mol. The molecule has 1 aliphatic heterocycles. The molecule has 0 bridgehead atoms. The maximum Gasteiger partial charge on any atom is 0.269 e. The SMILES string of the molecule is CCNC(=NCCCCc1ccc([N+](=O)[O-])cc1)NC1CCN(Cc2ccccn2)CC1. The maximum absolute atomic E-state index is 10.7. The van der Waals surface area contributed by atoms with E-state index in [1.807, 2.05) is 30.5 Å². The molecular formula is C24H34N6O2. The number of pyridine rings is 1. The van der Waals surface area contributed by atoms with Crippen molar-refractivity contribution in [3.05, 3.63) is 70.0 Å². The Hall–Kier alpha value is -3.00. The van der Waals surface area contributed by atoms with Gasteiger partial charge >= 0.3 is 0 Å². The van der Waals surface area contributed by atoms with Crippen molar-refractivity contribution in [2.24, 2.45) is 4.99 Å². The summed E-state index contributed by atoms with van der Waals surface area (Å²) in [5, 5.41) is 17.7. The minimum atomic E-state index is -0.363. The van der Waals surface area contributed by atoms with E-state index in [0.29, 0.717) is 6.04 Å². The summed E-state index contributed by atoms with van der Waals surface area (Å²) in [6.07, 6.45) is 6.94. The molecule has 1 aromatic carbocycles. The van der Waals surface area contributed by atoms with Crippen LogP contribution in [0.2, 0.25) is 0 Å². The lowest BCUT2D eigenvalue weighted by atomic mass is 10.0. The average molecular weight is 439 g/mol. The predicted octanol–water partition coefficient (Wildman–Crippen LogP) is 3.53. The number of aryl methyl sites for hydroxylation is 1. The average Bonchev–Trinajstić information content (AvgIpc) is 2.81. The van der Waals surface area contributed by atoms with Crippen molar-refractivity contribution in [1.29, 1.82) is 0 Å². The minimum Gasteiger partial charge on any atom is -0.357 e. The van der Waals surface area contributed by atoms with Crippen LogP contribution < -0.4 is 10.6 Å². The van der Waals surface area contributed by atoms with Crippen molar-refractivity contribution in [3.63, 3.8) is 0 Å². The number of unbranched alkanes of at least 4 members (excludes halogenated alkanes) is 1. The highest BCUT2D eigenvalue weighted by molar-refractivity contribution is 5.80. The molecule has 0 spiro atoms. The molecule has 1 fully saturated rings.